The van der Waals surface area contributed by atoms with Crippen LogP contribution >= 0.6 is 0 Å². The highest BCUT2D eigenvalue weighted by molar-refractivity contribution is 5.66. The van der Waals surface area contributed by atoms with E-state index in [1.165, 1.54) is 186 Å². The molecule has 0 aromatic rings. The molecular weight excluding hydrogens is 578 g/mol. The summed E-state index contributed by atoms with van der Waals surface area (Å²) in [5, 5.41) is 8.51. The number of hydrogen-bond donors (Lipinski definition) is 4. The van der Waals surface area contributed by atoms with Gasteiger partial charge in [0, 0.05) is 6.42 Å². The summed E-state index contributed by atoms with van der Waals surface area (Å²) in [6, 6.07) is 0. The number of rotatable bonds is 33. The molecule has 0 unspecified atom stereocenters. The summed E-state index contributed by atoms with van der Waals surface area (Å²) in [4.78, 5) is 10.3. The van der Waals surface area contributed by atoms with Crippen LogP contribution in [0.25, 0.3) is 0 Å². The number of carboxylic acid groups (broad SMARTS) is 1. The maximum absolute atomic E-state index is 10.3. The molecule has 47 heavy (non-hydrogen) atoms. The number of nitrogens with two attached hydrogens (primary N) is 3. The van der Waals surface area contributed by atoms with Crippen LogP contribution in [-0.4, -0.2) is 30.7 Å². The SMILES string of the molecule is CCCCCCCC/C=C\CCCCCCCC(=O)O.CCCCCCCCN.CCCCCCCCN.CCCCCCCCN. The smallest absolute Gasteiger partial charge is 0.303 e. The zero-order valence-electron chi connectivity index (χ0n) is 33.0. The largest absolute Gasteiger partial charge is 0.481 e. The zero-order chi connectivity index (χ0) is 35.7. The lowest BCUT2D eigenvalue weighted by atomic mass is 10.1. The summed E-state index contributed by atoms with van der Waals surface area (Å²) >= 11 is 0. The van der Waals surface area contributed by atoms with Gasteiger partial charge in [-0.25, -0.2) is 0 Å². The van der Waals surface area contributed by atoms with Gasteiger partial charge in [0.1, 0.15) is 0 Å². The van der Waals surface area contributed by atoms with E-state index in [0.717, 1.165) is 32.5 Å². The van der Waals surface area contributed by atoms with Crippen molar-refractivity contribution in [2.24, 2.45) is 17.2 Å². The number of aliphatic carboxylic acids is 1. The Balaban J connectivity index is -0.000000287. The van der Waals surface area contributed by atoms with Gasteiger partial charge in [-0.15, -0.1) is 0 Å². The third-order valence-corrected chi connectivity index (χ3v) is 8.33. The van der Waals surface area contributed by atoms with Crippen molar-refractivity contribution >= 4 is 5.97 Å². The van der Waals surface area contributed by atoms with Crippen LogP contribution in [-0.2, 0) is 4.79 Å². The summed E-state index contributed by atoms with van der Waals surface area (Å²) in [5.74, 6) is -0.664. The molecule has 0 radical (unpaired) electrons. The van der Waals surface area contributed by atoms with Crippen molar-refractivity contribution in [2.45, 2.75) is 233 Å². The van der Waals surface area contributed by atoms with Gasteiger partial charge in [0.15, 0.2) is 0 Å². The lowest BCUT2D eigenvalue weighted by Crippen LogP contribution is -1.97. The first-order valence-electron chi connectivity index (χ1n) is 21.0. The van der Waals surface area contributed by atoms with Gasteiger partial charge in [0.2, 0.25) is 0 Å². The van der Waals surface area contributed by atoms with Crippen LogP contribution in [0, 0.1) is 0 Å². The van der Waals surface area contributed by atoms with E-state index >= 15 is 0 Å². The zero-order valence-corrected chi connectivity index (χ0v) is 33.0. The third kappa shape index (κ3) is 72.0. The fourth-order valence-electron chi connectivity index (χ4n) is 5.12. The topological polar surface area (TPSA) is 115 Å². The van der Waals surface area contributed by atoms with Gasteiger partial charge in [-0.2, -0.15) is 0 Å². The first-order valence-corrected chi connectivity index (χ1v) is 21.0. The van der Waals surface area contributed by atoms with E-state index in [4.69, 9.17) is 22.3 Å². The van der Waals surface area contributed by atoms with E-state index in [2.05, 4.69) is 39.8 Å². The Kier molecular flexibility index (Phi) is 64.6. The Hall–Kier alpha value is -0.910. The molecule has 0 aromatic heterocycles. The maximum atomic E-state index is 10.3. The second kappa shape index (κ2) is 57.4. The Morgan fingerprint density at radius 1 is 0.383 bits per heavy atom. The monoisotopic (exact) mass is 670 g/mol. The van der Waals surface area contributed by atoms with Crippen molar-refractivity contribution in [1.29, 1.82) is 0 Å². The molecule has 0 aromatic carbocycles. The van der Waals surface area contributed by atoms with E-state index in [0.29, 0.717) is 6.42 Å². The van der Waals surface area contributed by atoms with Gasteiger partial charge >= 0.3 is 5.97 Å². The van der Waals surface area contributed by atoms with Crippen LogP contribution in [0.2, 0.25) is 0 Å². The van der Waals surface area contributed by atoms with Gasteiger partial charge < -0.3 is 22.3 Å². The molecule has 0 spiro atoms. The molecule has 286 valence electrons. The van der Waals surface area contributed by atoms with Crippen LogP contribution in [0.4, 0.5) is 0 Å². The molecule has 0 heterocycles. The maximum Gasteiger partial charge on any atom is 0.303 e. The van der Waals surface area contributed by atoms with E-state index in [-0.39, 0.29) is 0 Å². The van der Waals surface area contributed by atoms with Gasteiger partial charge in [-0.1, -0.05) is 188 Å². The minimum absolute atomic E-state index is 0.332. The van der Waals surface area contributed by atoms with E-state index < -0.39 is 5.97 Å². The summed E-state index contributed by atoms with van der Waals surface area (Å²) in [6.45, 7) is 11.6. The second-order valence-corrected chi connectivity index (χ2v) is 13.4. The molecule has 0 amide bonds. The van der Waals surface area contributed by atoms with Gasteiger partial charge in [-0.3, -0.25) is 4.79 Å². The van der Waals surface area contributed by atoms with Gasteiger partial charge in [0.25, 0.3) is 0 Å². The summed E-state index contributed by atoms with van der Waals surface area (Å²) < 4.78 is 0. The second-order valence-electron chi connectivity index (χ2n) is 13.4. The molecule has 0 saturated heterocycles. The van der Waals surface area contributed by atoms with E-state index in [1.807, 2.05) is 0 Å². The minimum atomic E-state index is -0.664. The van der Waals surface area contributed by atoms with Crippen LogP contribution in [0.15, 0.2) is 12.2 Å². The molecule has 0 rings (SSSR count). The first-order chi connectivity index (χ1) is 23.0. The molecular formula is C42H91N3O2. The van der Waals surface area contributed by atoms with Crippen LogP contribution in [0.3, 0.4) is 0 Å². The Bertz CT molecular complexity index is 477. The third-order valence-electron chi connectivity index (χ3n) is 8.33. The van der Waals surface area contributed by atoms with Crippen LogP contribution in [0.5, 0.6) is 0 Å². The predicted octanol–water partition coefficient (Wildman–Crippen LogP) is 13.0. The summed E-state index contributed by atoms with van der Waals surface area (Å²) in [7, 11) is 0. The molecule has 0 aliphatic heterocycles. The van der Waals surface area contributed by atoms with Crippen molar-refractivity contribution in [3.8, 4) is 0 Å². The molecule has 0 aliphatic rings. The number of allylic oxidation sites excluding steroid dienone is 2. The highest BCUT2D eigenvalue weighted by Crippen LogP contribution is 2.10. The van der Waals surface area contributed by atoms with E-state index in [9.17, 15) is 4.79 Å². The Morgan fingerprint density at radius 2 is 0.617 bits per heavy atom. The molecule has 0 bridgehead atoms. The number of unbranched alkanes of at least 4 members (excludes halogenated alkanes) is 26. The van der Waals surface area contributed by atoms with E-state index in [1.54, 1.807) is 0 Å². The molecule has 0 atom stereocenters. The summed E-state index contributed by atoms with van der Waals surface area (Å²) in [5.41, 5.74) is 16.0. The quantitative estimate of drug-likeness (QED) is 0.0410. The lowest BCUT2D eigenvalue weighted by Gasteiger charge is -1.99. The Labute approximate surface area is 297 Å². The number of hydrogen-bond acceptors (Lipinski definition) is 4. The predicted molar refractivity (Wildman–Crippen MR) is 214 cm³/mol. The van der Waals surface area contributed by atoms with Gasteiger partial charge in [-0.05, 0) is 71.0 Å². The molecule has 5 heteroatoms. The van der Waals surface area contributed by atoms with Crippen molar-refractivity contribution in [1.82, 2.24) is 0 Å². The fourth-order valence-corrected chi connectivity index (χ4v) is 5.12. The van der Waals surface area contributed by atoms with Crippen LogP contribution in [0.1, 0.15) is 233 Å². The normalized spacial score (nSPS) is 10.5. The first kappa shape index (κ1) is 52.9. The molecule has 7 N–H and O–H groups in total. The molecule has 0 saturated carbocycles. The average Bonchev–Trinajstić information content (AvgIpc) is 3.07. The standard InChI is InChI=1S/C18H34O2.3C8H19N/c1-2-3-4-5-6-7-8-9-10-11-12-13-14-15-16-17-18(19)20;3*1-2-3-4-5-6-7-8-9/h9-10H,2-8,11-17H2,1H3,(H,19,20);3*2-9H2,1H3/b10-9-;;;. The average molecular weight is 670 g/mol. The lowest BCUT2D eigenvalue weighted by molar-refractivity contribution is -0.137. The summed E-state index contributed by atoms with van der Waals surface area (Å²) in [6.07, 6.45) is 45.4. The fraction of sp³-hybridized carbons (Fsp3) is 0.929. The number of carboxylic acids is 1. The molecule has 0 aliphatic carbocycles. The van der Waals surface area contributed by atoms with Crippen LogP contribution < -0.4 is 17.2 Å². The highest BCUT2D eigenvalue weighted by Gasteiger charge is 1.96. The van der Waals surface area contributed by atoms with Gasteiger partial charge in [0.05, 0.1) is 0 Å². The Morgan fingerprint density at radius 3 is 0.872 bits per heavy atom. The highest BCUT2D eigenvalue weighted by atomic mass is 16.4. The molecule has 5 nitrogen and oxygen atoms in total. The van der Waals surface area contributed by atoms with Crippen molar-refractivity contribution in [2.75, 3.05) is 19.6 Å². The molecule has 0 fully saturated rings. The van der Waals surface area contributed by atoms with Crippen molar-refractivity contribution < 1.29 is 9.90 Å². The van der Waals surface area contributed by atoms with Crippen molar-refractivity contribution in [3.05, 3.63) is 12.2 Å². The van der Waals surface area contributed by atoms with Crippen molar-refractivity contribution in [3.63, 3.8) is 0 Å². The minimum Gasteiger partial charge on any atom is -0.481 e. The number of carbonyl (C=O) groups is 1.